The van der Waals surface area contributed by atoms with Crippen LogP contribution in [0.1, 0.15) is 34.3 Å². The molecule has 2 aromatic rings. The van der Waals surface area contributed by atoms with E-state index in [9.17, 15) is 14.4 Å². The minimum atomic E-state index is -0.624. The largest absolute Gasteiger partial charge is 0.456 e. The predicted molar refractivity (Wildman–Crippen MR) is 106 cm³/mol. The van der Waals surface area contributed by atoms with Crippen LogP contribution in [0.5, 0.6) is 0 Å². The third kappa shape index (κ3) is 6.38. The molecule has 0 heterocycles. The minimum Gasteiger partial charge on any atom is -0.456 e. The van der Waals surface area contributed by atoms with Gasteiger partial charge in [-0.15, -0.1) is 0 Å². The van der Waals surface area contributed by atoms with E-state index in [0.717, 1.165) is 11.1 Å². The van der Waals surface area contributed by atoms with Gasteiger partial charge < -0.3 is 10.1 Å². The first kappa shape index (κ1) is 20.9. The Balaban J connectivity index is 1.80. The van der Waals surface area contributed by atoms with Gasteiger partial charge in [-0.1, -0.05) is 40.9 Å². The number of halogens is 2. The van der Waals surface area contributed by atoms with Crippen LogP contribution in [0.25, 0.3) is 0 Å². The molecule has 0 aliphatic heterocycles. The fourth-order valence-electron chi connectivity index (χ4n) is 2.38. The van der Waals surface area contributed by atoms with E-state index in [1.807, 2.05) is 26.0 Å². The highest BCUT2D eigenvalue weighted by molar-refractivity contribution is 6.35. The Morgan fingerprint density at radius 2 is 1.74 bits per heavy atom. The number of ketones is 1. The second-order valence-corrected chi connectivity index (χ2v) is 6.92. The van der Waals surface area contributed by atoms with Crippen LogP contribution in [-0.2, 0) is 14.3 Å². The number of Topliss-reactive ketones (excluding diaryl/α,β-unsaturated/α-hetero) is 1. The predicted octanol–water partition coefficient (Wildman–Crippen LogP) is 4.76. The number of esters is 1. The number of hydrogen-bond acceptors (Lipinski definition) is 4. The van der Waals surface area contributed by atoms with E-state index in [0.29, 0.717) is 21.3 Å². The van der Waals surface area contributed by atoms with E-state index < -0.39 is 18.5 Å². The van der Waals surface area contributed by atoms with E-state index in [1.54, 1.807) is 18.2 Å². The Morgan fingerprint density at radius 1 is 1.00 bits per heavy atom. The van der Waals surface area contributed by atoms with Gasteiger partial charge in [-0.05, 0) is 43.7 Å². The Bertz CT molecular complexity index is 880. The number of benzene rings is 2. The summed E-state index contributed by atoms with van der Waals surface area (Å²) in [5.74, 6) is -1.31. The summed E-state index contributed by atoms with van der Waals surface area (Å²) in [6.07, 6.45) is -0.0811. The molecule has 0 unspecified atom stereocenters. The summed E-state index contributed by atoms with van der Waals surface area (Å²) in [7, 11) is 0. The normalized spacial score (nSPS) is 10.4. The standard InChI is InChI=1S/C20H19Cl2NO4/c1-12-3-4-13(2)15(9-12)18(24)7-8-20(26)27-11-19(25)23-17-10-14(21)5-6-16(17)22/h3-6,9-10H,7-8,11H2,1-2H3,(H,23,25). The first-order valence-electron chi connectivity index (χ1n) is 8.27. The van der Waals surface area contributed by atoms with Crippen LogP contribution in [0.15, 0.2) is 36.4 Å². The molecule has 0 saturated heterocycles. The number of anilines is 1. The highest BCUT2D eigenvalue weighted by Gasteiger charge is 2.14. The number of carbonyl (C=O) groups is 3. The van der Waals surface area contributed by atoms with Crippen LogP contribution >= 0.6 is 23.2 Å². The summed E-state index contributed by atoms with van der Waals surface area (Å²) in [5.41, 5.74) is 2.76. The summed E-state index contributed by atoms with van der Waals surface area (Å²) >= 11 is 11.8. The number of hydrogen-bond donors (Lipinski definition) is 1. The molecule has 2 aromatic carbocycles. The van der Waals surface area contributed by atoms with Gasteiger partial charge in [-0.2, -0.15) is 0 Å². The second-order valence-electron chi connectivity index (χ2n) is 6.07. The Hall–Kier alpha value is -2.37. The Kier molecular flexibility index (Phi) is 7.39. The van der Waals surface area contributed by atoms with Gasteiger partial charge in [0.05, 0.1) is 17.1 Å². The fourth-order valence-corrected chi connectivity index (χ4v) is 2.72. The average Bonchev–Trinajstić information content (AvgIpc) is 2.63. The molecule has 7 heteroatoms. The fraction of sp³-hybridized carbons (Fsp3) is 0.250. The monoisotopic (exact) mass is 407 g/mol. The number of amides is 1. The number of ether oxygens (including phenoxy) is 1. The molecule has 0 fully saturated rings. The van der Waals surface area contributed by atoms with Crippen LogP contribution < -0.4 is 5.32 Å². The highest BCUT2D eigenvalue weighted by Crippen LogP contribution is 2.25. The van der Waals surface area contributed by atoms with Crippen molar-refractivity contribution in [2.75, 3.05) is 11.9 Å². The molecule has 1 N–H and O–H groups in total. The molecule has 0 saturated carbocycles. The van der Waals surface area contributed by atoms with Crippen molar-refractivity contribution in [3.8, 4) is 0 Å². The molecule has 0 radical (unpaired) electrons. The van der Waals surface area contributed by atoms with E-state index in [1.165, 1.54) is 6.07 Å². The van der Waals surface area contributed by atoms with E-state index >= 15 is 0 Å². The molecule has 0 aliphatic carbocycles. The number of nitrogens with one attached hydrogen (secondary N) is 1. The van der Waals surface area contributed by atoms with Gasteiger partial charge in [0.25, 0.3) is 5.91 Å². The summed E-state index contributed by atoms with van der Waals surface area (Å²) < 4.78 is 4.91. The molecule has 5 nitrogen and oxygen atoms in total. The smallest absolute Gasteiger partial charge is 0.306 e. The number of rotatable bonds is 7. The summed E-state index contributed by atoms with van der Waals surface area (Å²) in [6.45, 7) is 3.27. The van der Waals surface area contributed by atoms with Crippen LogP contribution in [0.3, 0.4) is 0 Å². The first-order chi connectivity index (χ1) is 12.8. The molecule has 0 aliphatic rings. The van der Waals surface area contributed by atoms with Crippen LogP contribution in [0.2, 0.25) is 10.0 Å². The Morgan fingerprint density at radius 3 is 2.48 bits per heavy atom. The number of aryl methyl sites for hydroxylation is 2. The van der Waals surface area contributed by atoms with Crippen LogP contribution in [-0.4, -0.2) is 24.3 Å². The van der Waals surface area contributed by atoms with Crippen molar-refractivity contribution in [1.29, 1.82) is 0 Å². The average molecular weight is 408 g/mol. The molecular formula is C20H19Cl2NO4. The maximum atomic E-state index is 12.3. The molecule has 0 aromatic heterocycles. The molecule has 1 amide bonds. The summed E-state index contributed by atoms with van der Waals surface area (Å²) in [4.78, 5) is 35.9. The minimum absolute atomic E-state index is 0.0187. The molecule has 0 spiro atoms. The highest BCUT2D eigenvalue weighted by atomic mass is 35.5. The first-order valence-corrected chi connectivity index (χ1v) is 9.03. The van der Waals surface area contributed by atoms with Crippen molar-refractivity contribution >= 4 is 46.5 Å². The van der Waals surface area contributed by atoms with E-state index in [4.69, 9.17) is 27.9 Å². The third-order valence-corrected chi connectivity index (χ3v) is 4.38. The second kappa shape index (κ2) is 9.53. The van der Waals surface area contributed by atoms with Crippen molar-refractivity contribution in [2.45, 2.75) is 26.7 Å². The third-order valence-electron chi connectivity index (χ3n) is 3.82. The van der Waals surface area contributed by atoms with E-state index in [-0.39, 0.29) is 18.6 Å². The summed E-state index contributed by atoms with van der Waals surface area (Å²) in [6, 6.07) is 10.2. The van der Waals surface area contributed by atoms with Crippen LogP contribution in [0, 0.1) is 13.8 Å². The quantitative estimate of drug-likeness (QED) is 0.530. The molecule has 2 rings (SSSR count). The van der Waals surface area contributed by atoms with Crippen molar-refractivity contribution in [2.24, 2.45) is 0 Å². The van der Waals surface area contributed by atoms with Crippen molar-refractivity contribution in [3.05, 3.63) is 63.1 Å². The van der Waals surface area contributed by atoms with Gasteiger partial charge in [0.15, 0.2) is 12.4 Å². The van der Waals surface area contributed by atoms with Gasteiger partial charge >= 0.3 is 5.97 Å². The van der Waals surface area contributed by atoms with Gasteiger partial charge in [0, 0.05) is 17.0 Å². The van der Waals surface area contributed by atoms with Gasteiger partial charge in [-0.3, -0.25) is 14.4 Å². The molecular weight excluding hydrogens is 389 g/mol. The lowest BCUT2D eigenvalue weighted by Gasteiger charge is -2.09. The topological polar surface area (TPSA) is 72.5 Å². The number of carbonyl (C=O) groups excluding carboxylic acids is 3. The molecule has 0 atom stereocenters. The molecule has 0 bridgehead atoms. The van der Waals surface area contributed by atoms with Crippen molar-refractivity contribution in [1.82, 2.24) is 0 Å². The maximum Gasteiger partial charge on any atom is 0.306 e. The lowest BCUT2D eigenvalue weighted by Crippen LogP contribution is -2.21. The zero-order valence-electron chi connectivity index (χ0n) is 15.0. The lowest BCUT2D eigenvalue weighted by molar-refractivity contribution is -0.147. The van der Waals surface area contributed by atoms with Crippen molar-refractivity contribution < 1.29 is 19.1 Å². The van der Waals surface area contributed by atoms with Crippen molar-refractivity contribution in [3.63, 3.8) is 0 Å². The van der Waals surface area contributed by atoms with Gasteiger partial charge in [0.1, 0.15) is 0 Å². The zero-order valence-corrected chi connectivity index (χ0v) is 16.5. The maximum absolute atomic E-state index is 12.3. The lowest BCUT2D eigenvalue weighted by atomic mass is 9.99. The zero-order chi connectivity index (χ0) is 20.0. The SMILES string of the molecule is Cc1ccc(C)c(C(=O)CCC(=O)OCC(=O)Nc2cc(Cl)ccc2Cl)c1. The molecule has 142 valence electrons. The van der Waals surface area contributed by atoms with Gasteiger partial charge in [-0.25, -0.2) is 0 Å². The van der Waals surface area contributed by atoms with Crippen LogP contribution in [0.4, 0.5) is 5.69 Å². The molecule has 27 heavy (non-hydrogen) atoms. The van der Waals surface area contributed by atoms with Gasteiger partial charge in [0.2, 0.25) is 0 Å². The Labute approximate surface area is 167 Å². The van der Waals surface area contributed by atoms with E-state index in [2.05, 4.69) is 5.32 Å². The summed E-state index contributed by atoms with van der Waals surface area (Å²) in [5, 5.41) is 3.24.